The van der Waals surface area contributed by atoms with Gasteiger partial charge in [-0.05, 0) is 48.4 Å². The van der Waals surface area contributed by atoms with E-state index in [9.17, 15) is 23.3 Å². The van der Waals surface area contributed by atoms with E-state index >= 15 is 0 Å². The first kappa shape index (κ1) is 20.2. The molecular weight excluding hydrogens is 394 g/mol. The molecule has 0 bridgehead atoms. The van der Waals surface area contributed by atoms with Gasteiger partial charge in [-0.3, -0.25) is 10.1 Å². The van der Waals surface area contributed by atoms with Gasteiger partial charge in [-0.2, -0.15) is 0 Å². The van der Waals surface area contributed by atoms with Gasteiger partial charge in [0.2, 0.25) is 5.75 Å². The second kappa shape index (κ2) is 8.24. The summed E-state index contributed by atoms with van der Waals surface area (Å²) >= 11 is 0. The Morgan fingerprint density at radius 1 is 1.00 bits per heavy atom. The third-order valence-corrected chi connectivity index (χ3v) is 5.84. The number of ether oxygens (including phenoxy) is 1. The first-order chi connectivity index (χ1) is 13.8. The normalized spacial score (nSPS) is 11.1. The largest absolute Gasteiger partial charge is 0.416 e. The fourth-order valence-electron chi connectivity index (χ4n) is 2.73. The van der Waals surface area contributed by atoms with Crippen molar-refractivity contribution in [2.45, 2.75) is 17.6 Å². The molecule has 0 amide bonds. The zero-order valence-electron chi connectivity index (χ0n) is 15.4. The lowest BCUT2D eigenvalue weighted by atomic mass is 10.1. The van der Waals surface area contributed by atoms with Crippen LogP contribution >= 0.6 is 0 Å². The van der Waals surface area contributed by atoms with Gasteiger partial charge in [0.25, 0.3) is 0 Å². The van der Waals surface area contributed by atoms with E-state index in [2.05, 4.69) is 0 Å². The van der Waals surface area contributed by atoms with Gasteiger partial charge in [0.05, 0.1) is 21.1 Å². The van der Waals surface area contributed by atoms with Crippen molar-refractivity contribution in [1.82, 2.24) is 0 Å². The molecule has 0 heterocycles. The van der Waals surface area contributed by atoms with Crippen molar-refractivity contribution in [3.63, 3.8) is 0 Å². The zero-order valence-corrected chi connectivity index (χ0v) is 16.3. The quantitative estimate of drug-likeness (QED) is 0.262. The molecule has 8 heteroatoms. The molecule has 0 unspecified atom stereocenters. The maximum atomic E-state index is 12.5. The number of nitro groups is 1. The van der Waals surface area contributed by atoms with Gasteiger partial charge < -0.3 is 4.74 Å². The molecule has 0 fully saturated rings. The van der Waals surface area contributed by atoms with Gasteiger partial charge in [0, 0.05) is 6.07 Å². The number of aryl methyl sites for hydroxylation is 1. The highest BCUT2D eigenvalue weighted by atomic mass is 32.2. The Morgan fingerprint density at radius 2 is 1.72 bits per heavy atom. The van der Waals surface area contributed by atoms with Crippen LogP contribution in [-0.2, 0) is 15.6 Å². The number of rotatable bonds is 6. The van der Waals surface area contributed by atoms with Crippen LogP contribution in [-0.4, -0.2) is 19.3 Å². The number of hydrogen-bond donors (Lipinski definition) is 0. The Bertz CT molecular complexity index is 1170. The van der Waals surface area contributed by atoms with Crippen LogP contribution < -0.4 is 4.74 Å². The average Bonchev–Trinajstić information content (AvgIpc) is 2.68. The number of nitro benzene ring substituents is 1. The van der Waals surface area contributed by atoms with E-state index in [0.717, 1.165) is 0 Å². The molecular formula is C21H17NO6S. The van der Waals surface area contributed by atoms with E-state index in [0.29, 0.717) is 11.1 Å². The van der Waals surface area contributed by atoms with E-state index in [1.165, 1.54) is 42.5 Å². The summed E-state index contributed by atoms with van der Waals surface area (Å²) in [6, 6.07) is 18.2. The Balaban J connectivity index is 1.84. The molecule has 0 saturated heterocycles. The summed E-state index contributed by atoms with van der Waals surface area (Å²) in [5.41, 5.74) is 0.872. The molecule has 7 nitrogen and oxygen atoms in total. The summed E-state index contributed by atoms with van der Waals surface area (Å²) in [7, 11) is -3.58. The number of esters is 1. The molecule has 0 saturated carbocycles. The molecule has 3 rings (SSSR count). The molecule has 0 N–H and O–H groups in total. The van der Waals surface area contributed by atoms with E-state index in [1.807, 2.05) is 0 Å². The predicted octanol–water partition coefficient (Wildman–Crippen LogP) is 4.10. The van der Waals surface area contributed by atoms with E-state index in [1.54, 1.807) is 37.3 Å². The first-order valence-electron chi connectivity index (χ1n) is 8.60. The smallest absolute Gasteiger partial charge is 0.343 e. The molecule has 3 aromatic rings. The maximum absolute atomic E-state index is 12.5. The molecule has 148 valence electrons. The minimum Gasteiger partial charge on any atom is -0.416 e. The van der Waals surface area contributed by atoms with E-state index in [-0.39, 0.29) is 27.6 Å². The van der Waals surface area contributed by atoms with Crippen LogP contribution in [0.25, 0.3) is 0 Å². The van der Waals surface area contributed by atoms with Crippen LogP contribution in [0.5, 0.6) is 5.75 Å². The predicted molar refractivity (Wildman–Crippen MR) is 107 cm³/mol. The van der Waals surface area contributed by atoms with Gasteiger partial charge in [0.1, 0.15) is 0 Å². The van der Waals surface area contributed by atoms with Gasteiger partial charge in [-0.1, -0.05) is 36.4 Å². The summed E-state index contributed by atoms with van der Waals surface area (Å²) in [5.74, 6) is -1.26. The fourth-order valence-corrected chi connectivity index (χ4v) is 4.09. The first-order valence-corrected chi connectivity index (χ1v) is 10.3. The van der Waals surface area contributed by atoms with Crippen molar-refractivity contribution in [2.75, 3.05) is 0 Å². The van der Waals surface area contributed by atoms with Crippen LogP contribution in [0.1, 0.15) is 21.5 Å². The Hall–Kier alpha value is -3.52. The number of hydrogen-bond acceptors (Lipinski definition) is 6. The Morgan fingerprint density at radius 3 is 2.41 bits per heavy atom. The number of carbonyl (C=O) groups is 1. The van der Waals surface area contributed by atoms with Crippen LogP contribution in [0.2, 0.25) is 0 Å². The number of carbonyl (C=O) groups excluding carboxylic acids is 1. The van der Waals surface area contributed by atoms with Gasteiger partial charge >= 0.3 is 11.7 Å². The summed E-state index contributed by atoms with van der Waals surface area (Å²) in [6.45, 7) is 1.72. The monoisotopic (exact) mass is 411 g/mol. The van der Waals surface area contributed by atoms with Crippen molar-refractivity contribution in [3.8, 4) is 5.75 Å². The summed E-state index contributed by atoms with van der Waals surface area (Å²) in [4.78, 5) is 23.2. The van der Waals surface area contributed by atoms with Crippen molar-refractivity contribution >= 4 is 21.5 Å². The lowest BCUT2D eigenvalue weighted by molar-refractivity contribution is -0.385. The van der Waals surface area contributed by atoms with Crippen LogP contribution in [0.15, 0.2) is 77.7 Å². The number of nitrogens with zero attached hydrogens (tertiary/aromatic N) is 1. The van der Waals surface area contributed by atoms with E-state index in [4.69, 9.17) is 4.74 Å². The highest BCUT2D eigenvalue weighted by Gasteiger charge is 2.20. The van der Waals surface area contributed by atoms with Crippen molar-refractivity contribution in [3.05, 3.63) is 99.6 Å². The minimum atomic E-state index is -3.58. The SMILES string of the molecule is Cc1ccc([N+](=O)[O-])c(OC(=O)c2cccc(CS(=O)(=O)c3ccccc3)c2)c1. The molecule has 0 aliphatic carbocycles. The van der Waals surface area contributed by atoms with Crippen molar-refractivity contribution < 1.29 is 22.9 Å². The minimum absolute atomic E-state index is 0.0987. The molecule has 0 aromatic heterocycles. The molecule has 3 aromatic carbocycles. The van der Waals surface area contributed by atoms with Gasteiger partial charge in [0.15, 0.2) is 9.84 Å². The lowest BCUT2D eigenvalue weighted by Crippen LogP contribution is -2.11. The third-order valence-electron chi connectivity index (χ3n) is 4.14. The standard InChI is InChI=1S/C21H17NO6S/c1-15-10-11-19(22(24)25)20(12-15)28-21(23)17-7-5-6-16(13-17)14-29(26,27)18-8-3-2-4-9-18/h2-13H,14H2,1H3. The second-order valence-electron chi connectivity index (χ2n) is 6.39. The highest BCUT2D eigenvalue weighted by molar-refractivity contribution is 7.90. The van der Waals surface area contributed by atoms with Gasteiger partial charge in [-0.15, -0.1) is 0 Å². The molecule has 0 aliphatic rings. The second-order valence-corrected chi connectivity index (χ2v) is 8.38. The highest BCUT2D eigenvalue weighted by Crippen LogP contribution is 2.28. The number of sulfone groups is 1. The molecule has 0 atom stereocenters. The lowest BCUT2D eigenvalue weighted by Gasteiger charge is -2.08. The molecule has 0 spiro atoms. The topological polar surface area (TPSA) is 104 Å². The molecule has 29 heavy (non-hydrogen) atoms. The molecule has 0 aliphatic heterocycles. The summed E-state index contributed by atoms with van der Waals surface area (Å²) in [5, 5.41) is 11.1. The Kier molecular flexibility index (Phi) is 5.74. The Labute approximate surface area is 167 Å². The van der Waals surface area contributed by atoms with E-state index < -0.39 is 20.7 Å². The summed E-state index contributed by atoms with van der Waals surface area (Å²) < 4.78 is 30.3. The van der Waals surface area contributed by atoms with Crippen LogP contribution in [0.4, 0.5) is 5.69 Å². The van der Waals surface area contributed by atoms with Crippen LogP contribution in [0, 0.1) is 17.0 Å². The van der Waals surface area contributed by atoms with Crippen LogP contribution in [0.3, 0.4) is 0 Å². The zero-order chi connectivity index (χ0) is 21.0. The molecule has 0 radical (unpaired) electrons. The van der Waals surface area contributed by atoms with Crippen molar-refractivity contribution in [2.24, 2.45) is 0 Å². The average molecular weight is 411 g/mol. The fraction of sp³-hybridized carbons (Fsp3) is 0.0952. The third kappa shape index (κ3) is 4.85. The van der Waals surface area contributed by atoms with Gasteiger partial charge in [-0.25, -0.2) is 13.2 Å². The summed E-state index contributed by atoms with van der Waals surface area (Å²) in [6.07, 6.45) is 0. The number of benzene rings is 3. The maximum Gasteiger partial charge on any atom is 0.343 e. The van der Waals surface area contributed by atoms with Crippen molar-refractivity contribution in [1.29, 1.82) is 0 Å².